The van der Waals surface area contributed by atoms with Gasteiger partial charge in [-0.05, 0) is 18.2 Å². The molecular weight excluding hydrogens is 393 g/mol. The van der Waals surface area contributed by atoms with Gasteiger partial charge in [0.15, 0.2) is 0 Å². The Morgan fingerprint density at radius 1 is 1.17 bits per heavy atom. The van der Waals surface area contributed by atoms with Crippen LogP contribution in [-0.2, 0) is 6.54 Å². The van der Waals surface area contributed by atoms with E-state index in [1.165, 1.54) is 59.5 Å². The van der Waals surface area contributed by atoms with Crippen LogP contribution in [0, 0.1) is 10.1 Å². The third-order valence-electron chi connectivity index (χ3n) is 3.81. The van der Waals surface area contributed by atoms with Gasteiger partial charge < -0.3 is 10.1 Å². The third-order valence-corrected chi connectivity index (χ3v) is 3.81. The van der Waals surface area contributed by atoms with Gasteiger partial charge in [-0.25, -0.2) is 4.68 Å². The Morgan fingerprint density at radius 2 is 1.86 bits per heavy atom. The first-order valence-electron chi connectivity index (χ1n) is 8.14. The number of nitro groups is 1. The van der Waals surface area contributed by atoms with Crippen molar-refractivity contribution < 1.29 is 27.6 Å². The second-order valence-electron chi connectivity index (χ2n) is 5.79. The zero-order chi connectivity index (χ0) is 21.0. The van der Waals surface area contributed by atoms with Gasteiger partial charge in [-0.15, -0.1) is 13.2 Å². The van der Waals surface area contributed by atoms with Gasteiger partial charge in [0.2, 0.25) is 0 Å². The maximum atomic E-state index is 12.5. The van der Waals surface area contributed by atoms with E-state index in [-0.39, 0.29) is 23.4 Å². The molecule has 150 valence electrons. The molecule has 0 aliphatic rings. The fourth-order valence-electron chi connectivity index (χ4n) is 2.46. The lowest BCUT2D eigenvalue weighted by Gasteiger charge is -2.13. The number of carbonyl (C=O) groups is 1. The van der Waals surface area contributed by atoms with Crippen molar-refractivity contribution in [1.82, 2.24) is 15.1 Å². The number of hydrogen-bond acceptors (Lipinski definition) is 5. The fraction of sp³-hybridized carbons (Fsp3) is 0.111. The van der Waals surface area contributed by atoms with Crippen LogP contribution in [0.15, 0.2) is 60.9 Å². The van der Waals surface area contributed by atoms with Crippen molar-refractivity contribution in [3.63, 3.8) is 0 Å². The fourth-order valence-corrected chi connectivity index (χ4v) is 2.46. The number of benzene rings is 2. The van der Waals surface area contributed by atoms with Gasteiger partial charge in [0.1, 0.15) is 5.75 Å². The van der Waals surface area contributed by atoms with Crippen molar-refractivity contribution in [1.29, 1.82) is 0 Å². The maximum absolute atomic E-state index is 12.5. The van der Waals surface area contributed by atoms with E-state index in [1.807, 2.05) is 0 Å². The van der Waals surface area contributed by atoms with E-state index in [9.17, 15) is 28.1 Å². The standard InChI is InChI=1S/C18H13F3N4O4/c19-18(20,21)29-16-4-2-1-3-12(16)9-22-17(26)13-10-23-24(11-13)14-5-7-15(8-6-14)25(27)28/h1-8,10-11H,9H2,(H,22,26). The predicted molar refractivity (Wildman–Crippen MR) is 94.5 cm³/mol. The minimum Gasteiger partial charge on any atom is -0.405 e. The molecule has 1 heterocycles. The Morgan fingerprint density at radius 3 is 2.52 bits per heavy atom. The van der Waals surface area contributed by atoms with E-state index >= 15 is 0 Å². The molecule has 0 radical (unpaired) electrons. The quantitative estimate of drug-likeness (QED) is 0.498. The van der Waals surface area contributed by atoms with E-state index in [0.717, 1.165) is 6.07 Å². The van der Waals surface area contributed by atoms with Crippen LogP contribution in [0.3, 0.4) is 0 Å². The Kier molecular flexibility index (Phi) is 5.48. The van der Waals surface area contributed by atoms with Crippen molar-refractivity contribution in [3.05, 3.63) is 82.2 Å². The molecule has 0 saturated heterocycles. The van der Waals surface area contributed by atoms with Crippen molar-refractivity contribution in [2.24, 2.45) is 0 Å². The molecule has 1 amide bonds. The van der Waals surface area contributed by atoms with Gasteiger partial charge >= 0.3 is 6.36 Å². The Hall–Kier alpha value is -3.89. The highest BCUT2D eigenvalue weighted by Crippen LogP contribution is 2.26. The molecule has 3 aromatic rings. The summed E-state index contributed by atoms with van der Waals surface area (Å²) in [4.78, 5) is 22.4. The Bertz CT molecular complexity index is 1030. The average molecular weight is 406 g/mol. The molecule has 0 aliphatic carbocycles. The van der Waals surface area contributed by atoms with E-state index in [2.05, 4.69) is 15.2 Å². The molecule has 0 spiro atoms. The van der Waals surface area contributed by atoms with Crippen molar-refractivity contribution in [2.75, 3.05) is 0 Å². The molecular formula is C18H13F3N4O4. The SMILES string of the molecule is O=C(NCc1ccccc1OC(F)(F)F)c1cnn(-c2ccc([N+](=O)[O-])cc2)c1. The second kappa shape index (κ2) is 8.00. The van der Waals surface area contributed by atoms with E-state index in [4.69, 9.17) is 0 Å². The lowest BCUT2D eigenvalue weighted by atomic mass is 10.2. The summed E-state index contributed by atoms with van der Waals surface area (Å²) in [5.74, 6) is -0.957. The minimum atomic E-state index is -4.84. The molecule has 29 heavy (non-hydrogen) atoms. The number of aromatic nitrogens is 2. The molecule has 11 heteroatoms. The highest BCUT2D eigenvalue weighted by atomic mass is 19.4. The Balaban J connectivity index is 1.68. The predicted octanol–water partition coefficient (Wildman–Crippen LogP) is 3.61. The number of non-ortho nitro benzene ring substituents is 1. The van der Waals surface area contributed by atoms with Crippen LogP contribution in [0.2, 0.25) is 0 Å². The number of para-hydroxylation sites is 1. The Labute approximate surface area is 161 Å². The maximum Gasteiger partial charge on any atom is 0.573 e. The number of alkyl halides is 3. The number of nitrogens with one attached hydrogen (secondary N) is 1. The summed E-state index contributed by atoms with van der Waals surface area (Å²) in [6, 6.07) is 11.0. The number of amides is 1. The molecule has 0 bridgehead atoms. The number of nitro benzene ring substituents is 1. The van der Waals surface area contributed by atoms with Crippen LogP contribution in [0.25, 0.3) is 5.69 Å². The molecule has 0 saturated carbocycles. The van der Waals surface area contributed by atoms with Gasteiger partial charge in [0.05, 0.1) is 22.4 Å². The van der Waals surface area contributed by atoms with E-state index in [0.29, 0.717) is 5.69 Å². The van der Waals surface area contributed by atoms with Crippen LogP contribution in [0.5, 0.6) is 5.75 Å². The topological polar surface area (TPSA) is 99.3 Å². The lowest BCUT2D eigenvalue weighted by Crippen LogP contribution is -2.24. The highest BCUT2D eigenvalue weighted by Gasteiger charge is 2.32. The van der Waals surface area contributed by atoms with Gasteiger partial charge in [-0.2, -0.15) is 5.10 Å². The number of carbonyl (C=O) groups excluding carboxylic acids is 1. The molecule has 8 nitrogen and oxygen atoms in total. The van der Waals surface area contributed by atoms with Crippen molar-refractivity contribution >= 4 is 11.6 Å². The molecule has 1 N–H and O–H groups in total. The highest BCUT2D eigenvalue weighted by molar-refractivity contribution is 5.93. The first-order valence-corrected chi connectivity index (χ1v) is 8.14. The van der Waals surface area contributed by atoms with Gasteiger partial charge in [-0.1, -0.05) is 18.2 Å². The van der Waals surface area contributed by atoms with E-state index < -0.39 is 22.9 Å². The largest absolute Gasteiger partial charge is 0.573 e. The van der Waals surface area contributed by atoms with Crippen LogP contribution < -0.4 is 10.1 Å². The summed E-state index contributed by atoms with van der Waals surface area (Å²) in [5, 5.41) is 17.2. The zero-order valence-corrected chi connectivity index (χ0v) is 14.6. The second-order valence-corrected chi connectivity index (χ2v) is 5.79. The number of halogens is 3. The first kappa shape index (κ1) is 19.9. The molecule has 1 aromatic heterocycles. The molecule has 0 aliphatic heterocycles. The first-order chi connectivity index (χ1) is 13.7. The van der Waals surface area contributed by atoms with Gasteiger partial charge in [0.25, 0.3) is 11.6 Å². The van der Waals surface area contributed by atoms with Gasteiger partial charge in [0, 0.05) is 30.4 Å². The molecule has 3 rings (SSSR count). The molecule has 0 fully saturated rings. The smallest absolute Gasteiger partial charge is 0.405 e. The number of ether oxygens (including phenoxy) is 1. The third kappa shape index (κ3) is 5.09. The number of hydrogen-bond donors (Lipinski definition) is 1. The lowest BCUT2D eigenvalue weighted by molar-refractivity contribution is -0.384. The summed E-state index contributed by atoms with van der Waals surface area (Å²) in [6.07, 6.45) is -2.17. The summed E-state index contributed by atoms with van der Waals surface area (Å²) in [5.41, 5.74) is 0.732. The molecule has 0 unspecified atom stereocenters. The van der Waals surface area contributed by atoms with E-state index in [1.54, 1.807) is 0 Å². The minimum absolute atomic E-state index is 0.0846. The van der Waals surface area contributed by atoms with Crippen LogP contribution in [0.1, 0.15) is 15.9 Å². The average Bonchev–Trinajstić information content (AvgIpc) is 3.16. The van der Waals surface area contributed by atoms with Crippen molar-refractivity contribution in [3.8, 4) is 11.4 Å². The van der Waals surface area contributed by atoms with Crippen LogP contribution in [-0.4, -0.2) is 27.0 Å². The summed E-state index contributed by atoms with van der Waals surface area (Å²) >= 11 is 0. The summed E-state index contributed by atoms with van der Waals surface area (Å²) < 4.78 is 42.7. The number of rotatable bonds is 6. The summed E-state index contributed by atoms with van der Waals surface area (Å²) in [7, 11) is 0. The summed E-state index contributed by atoms with van der Waals surface area (Å²) in [6.45, 7) is -0.187. The zero-order valence-electron chi connectivity index (χ0n) is 14.6. The van der Waals surface area contributed by atoms with Crippen LogP contribution in [0.4, 0.5) is 18.9 Å². The molecule has 0 atom stereocenters. The monoisotopic (exact) mass is 406 g/mol. The molecule has 2 aromatic carbocycles. The van der Waals surface area contributed by atoms with Gasteiger partial charge in [-0.3, -0.25) is 14.9 Å². The number of nitrogens with zero attached hydrogens (tertiary/aromatic N) is 3. The normalized spacial score (nSPS) is 11.1. The van der Waals surface area contributed by atoms with Crippen LogP contribution >= 0.6 is 0 Å². The van der Waals surface area contributed by atoms with Crippen molar-refractivity contribution in [2.45, 2.75) is 12.9 Å².